The minimum absolute atomic E-state index is 0.522. The normalized spacial score (nSPS) is 17.7. The number of nitrogens with zero attached hydrogens (tertiary/aromatic N) is 4. The van der Waals surface area contributed by atoms with Gasteiger partial charge in [0.1, 0.15) is 0 Å². The molecule has 1 aliphatic rings. The third-order valence-corrected chi connectivity index (χ3v) is 4.33. The van der Waals surface area contributed by atoms with Crippen molar-refractivity contribution in [2.75, 3.05) is 32.1 Å². The van der Waals surface area contributed by atoms with Crippen molar-refractivity contribution >= 4 is 5.82 Å². The number of nitrogens with two attached hydrogens (primary N) is 1. The van der Waals surface area contributed by atoms with Crippen molar-refractivity contribution < 1.29 is 0 Å². The van der Waals surface area contributed by atoms with Crippen LogP contribution in [0.5, 0.6) is 0 Å². The maximum absolute atomic E-state index is 5.91. The number of aromatic nitrogens is 2. The highest BCUT2D eigenvalue weighted by Gasteiger charge is 2.24. The third kappa shape index (κ3) is 2.87. The topological polar surface area (TPSA) is 58.3 Å². The van der Waals surface area contributed by atoms with E-state index in [1.54, 1.807) is 0 Å². The lowest BCUT2D eigenvalue weighted by Crippen LogP contribution is -2.42. The summed E-state index contributed by atoms with van der Waals surface area (Å²) in [6.45, 7) is 6.88. The van der Waals surface area contributed by atoms with Crippen molar-refractivity contribution in [1.29, 1.82) is 0 Å². The van der Waals surface area contributed by atoms with Crippen LogP contribution < -0.4 is 10.6 Å². The number of likely N-dealkylation sites (tertiary alicyclic amines) is 1. The van der Waals surface area contributed by atoms with Crippen LogP contribution in [0.3, 0.4) is 0 Å². The van der Waals surface area contributed by atoms with Crippen LogP contribution in [0.15, 0.2) is 0 Å². The summed E-state index contributed by atoms with van der Waals surface area (Å²) < 4.78 is 0. The van der Waals surface area contributed by atoms with Crippen molar-refractivity contribution in [3.63, 3.8) is 0 Å². The first-order valence-electron chi connectivity index (χ1n) is 6.98. The van der Waals surface area contributed by atoms with Gasteiger partial charge in [-0.1, -0.05) is 0 Å². The van der Waals surface area contributed by atoms with E-state index in [0.717, 1.165) is 30.2 Å². The fourth-order valence-corrected chi connectivity index (χ4v) is 2.73. The molecule has 1 saturated heterocycles. The Morgan fingerprint density at radius 1 is 1.26 bits per heavy atom. The van der Waals surface area contributed by atoms with Crippen LogP contribution in [0.1, 0.15) is 29.7 Å². The van der Waals surface area contributed by atoms with E-state index in [1.807, 2.05) is 6.92 Å². The van der Waals surface area contributed by atoms with Crippen LogP contribution in [0, 0.1) is 13.8 Å². The largest absolute Gasteiger partial charge is 0.355 e. The first-order chi connectivity index (χ1) is 9.04. The predicted octanol–water partition coefficient (Wildman–Crippen LogP) is 1.08. The van der Waals surface area contributed by atoms with Gasteiger partial charge in [-0.15, -0.1) is 5.10 Å². The molecule has 1 fully saturated rings. The van der Waals surface area contributed by atoms with Crippen LogP contribution in [-0.4, -0.2) is 48.3 Å². The maximum atomic E-state index is 5.91. The Morgan fingerprint density at radius 3 is 2.47 bits per heavy atom. The van der Waals surface area contributed by atoms with Crippen molar-refractivity contribution in [2.45, 2.75) is 39.3 Å². The fraction of sp³-hybridized carbons (Fsp3) is 0.714. The van der Waals surface area contributed by atoms with Crippen molar-refractivity contribution in [3.8, 4) is 0 Å². The highest BCUT2D eigenvalue weighted by Crippen LogP contribution is 2.25. The van der Waals surface area contributed by atoms with Gasteiger partial charge in [-0.3, -0.25) is 0 Å². The molecule has 0 spiro atoms. The molecule has 106 valence electrons. The molecule has 0 amide bonds. The maximum Gasteiger partial charge on any atom is 0.156 e. The molecular formula is C14H25N5. The Kier molecular flexibility index (Phi) is 4.37. The van der Waals surface area contributed by atoms with Gasteiger partial charge in [0.15, 0.2) is 5.82 Å². The molecule has 0 unspecified atom stereocenters. The number of anilines is 1. The number of aryl methyl sites for hydroxylation is 1. The molecule has 0 saturated carbocycles. The highest BCUT2D eigenvalue weighted by molar-refractivity contribution is 5.50. The summed E-state index contributed by atoms with van der Waals surface area (Å²) in [6.07, 6.45) is 2.34. The Morgan fingerprint density at radius 2 is 1.89 bits per heavy atom. The second kappa shape index (κ2) is 5.84. The Labute approximate surface area is 115 Å². The minimum atomic E-state index is 0.522. The summed E-state index contributed by atoms with van der Waals surface area (Å²) in [6, 6.07) is 0.540. The molecule has 0 aromatic carbocycles. The molecule has 1 aliphatic heterocycles. The van der Waals surface area contributed by atoms with Gasteiger partial charge < -0.3 is 15.5 Å². The zero-order valence-corrected chi connectivity index (χ0v) is 12.5. The predicted molar refractivity (Wildman–Crippen MR) is 78.3 cm³/mol. The average Bonchev–Trinajstić information content (AvgIpc) is 2.41. The van der Waals surface area contributed by atoms with Crippen LogP contribution >= 0.6 is 0 Å². The second-order valence-electron chi connectivity index (χ2n) is 5.56. The number of rotatable bonds is 3. The van der Waals surface area contributed by atoms with Crippen LogP contribution in [0.25, 0.3) is 0 Å². The minimum Gasteiger partial charge on any atom is -0.355 e. The monoisotopic (exact) mass is 263 g/mol. The number of hydrogen-bond donors (Lipinski definition) is 1. The van der Waals surface area contributed by atoms with Gasteiger partial charge in [-0.05, 0) is 52.4 Å². The average molecular weight is 263 g/mol. The van der Waals surface area contributed by atoms with E-state index in [9.17, 15) is 0 Å². The lowest BCUT2D eigenvalue weighted by Gasteiger charge is -2.36. The molecule has 0 bridgehead atoms. The molecule has 0 radical (unpaired) electrons. The quantitative estimate of drug-likeness (QED) is 0.884. The van der Waals surface area contributed by atoms with Crippen LogP contribution in [-0.2, 0) is 6.54 Å². The third-order valence-electron chi connectivity index (χ3n) is 4.33. The molecule has 0 aliphatic carbocycles. The van der Waals surface area contributed by atoms with Gasteiger partial charge in [-0.25, -0.2) is 0 Å². The van der Waals surface area contributed by atoms with E-state index >= 15 is 0 Å². The van der Waals surface area contributed by atoms with Crippen molar-refractivity contribution in [3.05, 3.63) is 16.8 Å². The number of piperidine rings is 1. The molecule has 19 heavy (non-hydrogen) atoms. The molecule has 2 heterocycles. The first-order valence-corrected chi connectivity index (χ1v) is 6.98. The smallest absolute Gasteiger partial charge is 0.156 e. The summed E-state index contributed by atoms with van der Waals surface area (Å²) in [7, 11) is 4.30. The van der Waals surface area contributed by atoms with Crippen LogP contribution in [0.2, 0.25) is 0 Å². The second-order valence-corrected chi connectivity index (χ2v) is 5.56. The van der Waals surface area contributed by atoms with E-state index in [0.29, 0.717) is 12.6 Å². The van der Waals surface area contributed by atoms with Gasteiger partial charge >= 0.3 is 0 Å². The van der Waals surface area contributed by atoms with Gasteiger partial charge in [0.05, 0.1) is 5.69 Å². The summed E-state index contributed by atoms with van der Waals surface area (Å²) in [5, 5.41) is 8.65. The molecule has 2 N–H and O–H groups in total. The first kappa shape index (κ1) is 14.2. The lowest BCUT2D eigenvalue weighted by molar-refractivity contribution is 0.252. The molecule has 2 rings (SSSR count). The standard InChI is InChI=1S/C14H25N5/c1-10-11(2)16-17-14(13(10)9-15)19(4)12-5-7-18(3)8-6-12/h12H,5-9,15H2,1-4H3. The summed E-state index contributed by atoms with van der Waals surface area (Å²) in [4.78, 5) is 4.65. The van der Waals surface area contributed by atoms with Gasteiger partial charge in [0, 0.05) is 25.2 Å². The number of hydrogen-bond acceptors (Lipinski definition) is 5. The van der Waals surface area contributed by atoms with Crippen LogP contribution in [0.4, 0.5) is 5.82 Å². The Bertz CT molecular complexity index is 438. The molecule has 5 nitrogen and oxygen atoms in total. The zero-order valence-electron chi connectivity index (χ0n) is 12.5. The van der Waals surface area contributed by atoms with Gasteiger partial charge in [-0.2, -0.15) is 5.10 Å². The summed E-state index contributed by atoms with van der Waals surface area (Å²) >= 11 is 0. The van der Waals surface area contributed by atoms with E-state index in [1.165, 1.54) is 18.4 Å². The van der Waals surface area contributed by atoms with E-state index in [-0.39, 0.29) is 0 Å². The molecule has 1 aromatic heterocycles. The lowest BCUT2D eigenvalue weighted by atomic mass is 10.0. The van der Waals surface area contributed by atoms with E-state index in [4.69, 9.17) is 5.73 Å². The highest BCUT2D eigenvalue weighted by atomic mass is 15.3. The molecular weight excluding hydrogens is 238 g/mol. The zero-order chi connectivity index (χ0) is 14.0. The SMILES string of the molecule is Cc1nnc(N(C)C2CCN(C)CC2)c(CN)c1C. The summed E-state index contributed by atoms with van der Waals surface area (Å²) in [5.41, 5.74) is 9.19. The molecule has 0 atom stereocenters. The van der Waals surface area contributed by atoms with E-state index in [2.05, 4.69) is 41.0 Å². The Hall–Kier alpha value is -1.20. The van der Waals surface area contributed by atoms with Gasteiger partial charge in [0.25, 0.3) is 0 Å². The van der Waals surface area contributed by atoms with Gasteiger partial charge in [0.2, 0.25) is 0 Å². The molecule has 5 heteroatoms. The Balaban J connectivity index is 2.23. The van der Waals surface area contributed by atoms with Crippen molar-refractivity contribution in [1.82, 2.24) is 15.1 Å². The van der Waals surface area contributed by atoms with Crippen molar-refractivity contribution in [2.24, 2.45) is 5.73 Å². The fourth-order valence-electron chi connectivity index (χ4n) is 2.73. The summed E-state index contributed by atoms with van der Waals surface area (Å²) in [5.74, 6) is 0.958. The molecule has 1 aromatic rings. The van der Waals surface area contributed by atoms with E-state index < -0.39 is 0 Å².